The van der Waals surface area contributed by atoms with Crippen molar-refractivity contribution in [2.24, 2.45) is 27.1 Å². The zero-order chi connectivity index (χ0) is 31.5. The van der Waals surface area contributed by atoms with Gasteiger partial charge in [0.2, 0.25) is 0 Å². The zero-order valence-corrected chi connectivity index (χ0v) is 23.6. The van der Waals surface area contributed by atoms with E-state index in [0.717, 1.165) is 0 Å². The summed E-state index contributed by atoms with van der Waals surface area (Å²) in [5.74, 6) is 0. The maximum atomic E-state index is 9.66. The fraction of sp³-hybridized carbons (Fsp3) is 1.00. The molecule has 0 saturated carbocycles. The van der Waals surface area contributed by atoms with Gasteiger partial charge in [-0.3, -0.25) is 0 Å². The van der Waals surface area contributed by atoms with Crippen LogP contribution in [0.15, 0.2) is 0 Å². The van der Waals surface area contributed by atoms with Gasteiger partial charge in [0, 0.05) is 0 Å². The van der Waals surface area contributed by atoms with Gasteiger partial charge in [0.25, 0.3) is 0 Å². The lowest BCUT2D eigenvalue weighted by molar-refractivity contribution is -0.160. The van der Waals surface area contributed by atoms with Gasteiger partial charge in [0.15, 0.2) is 0 Å². The highest BCUT2D eigenvalue weighted by Crippen LogP contribution is 2.27. The second-order valence-electron chi connectivity index (χ2n) is 11.4. The first kappa shape index (κ1) is 40.4. The predicted octanol–water partition coefficient (Wildman–Crippen LogP) is -6.11. The molecule has 0 aliphatic heterocycles. The summed E-state index contributed by atoms with van der Waals surface area (Å²) in [6.07, 6.45) is 0. The van der Waals surface area contributed by atoms with E-state index in [-0.39, 0.29) is 52.9 Å². The summed E-state index contributed by atoms with van der Waals surface area (Å²) in [5, 5.41) is 116. The molecule has 248 valence electrons. The molecule has 0 atom stereocenters. The maximum absolute atomic E-state index is 9.66. The highest BCUT2D eigenvalue weighted by Gasteiger charge is 2.39. The standard InChI is InChI=1S/C25H52O16/c26-1-21(2-27,3-28)13-38-17-25(18-39-14-22(4-29,5-30)6-31,19-40-15-23(7-32,8-33)9-34)20-41-16-24(10-35,11-36)12-37/h26-37H,1-20H2. The monoisotopic (exact) mass is 608 g/mol. The molecule has 41 heavy (non-hydrogen) atoms. The van der Waals surface area contributed by atoms with E-state index < -0.39 is 106 Å². The van der Waals surface area contributed by atoms with Crippen LogP contribution < -0.4 is 0 Å². The number of hydrogen-bond donors (Lipinski definition) is 12. The third-order valence-corrected chi connectivity index (χ3v) is 7.29. The van der Waals surface area contributed by atoms with Crippen molar-refractivity contribution in [3.63, 3.8) is 0 Å². The third kappa shape index (κ3) is 12.1. The number of aliphatic hydroxyl groups is 12. The van der Waals surface area contributed by atoms with E-state index in [1.807, 2.05) is 0 Å². The molecule has 0 radical (unpaired) electrons. The van der Waals surface area contributed by atoms with Gasteiger partial charge in [-0.15, -0.1) is 0 Å². The SMILES string of the molecule is OCC(CO)(CO)COCC(COCC(CO)(CO)CO)(COCC(CO)(CO)CO)COCC(CO)(CO)CO. The Hall–Kier alpha value is -0.640. The molecule has 0 fully saturated rings. The first-order chi connectivity index (χ1) is 19.6. The Morgan fingerprint density at radius 2 is 0.341 bits per heavy atom. The van der Waals surface area contributed by atoms with Crippen molar-refractivity contribution in [3.05, 3.63) is 0 Å². The Balaban J connectivity index is 6.15. The molecule has 0 amide bonds. The van der Waals surface area contributed by atoms with Gasteiger partial charge in [-0.05, 0) is 0 Å². The van der Waals surface area contributed by atoms with Crippen LogP contribution in [0.1, 0.15) is 0 Å². The summed E-state index contributed by atoms with van der Waals surface area (Å²) in [7, 11) is 0. The van der Waals surface area contributed by atoms with E-state index in [9.17, 15) is 61.3 Å². The van der Waals surface area contributed by atoms with E-state index in [1.54, 1.807) is 0 Å². The average Bonchev–Trinajstić information content (AvgIpc) is 3.03. The van der Waals surface area contributed by atoms with Crippen LogP contribution in [-0.4, -0.2) is 193 Å². The first-order valence-electron chi connectivity index (χ1n) is 13.2. The first-order valence-corrected chi connectivity index (χ1v) is 13.2. The van der Waals surface area contributed by atoms with E-state index in [2.05, 4.69) is 0 Å². The van der Waals surface area contributed by atoms with Gasteiger partial charge in [0.1, 0.15) is 0 Å². The van der Waals surface area contributed by atoms with Crippen LogP contribution in [0.4, 0.5) is 0 Å². The molecule has 0 aromatic heterocycles. The average molecular weight is 609 g/mol. The van der Waals surface area contributed by atoms with Gasteiger partial charge < -0.3 is 80.2 Å². The minimum atomic E-state index is -1.40. The van der Waals surface area contributed by atoms with Crippen molar-refractivity contribution in [1.82, 2.24) is 0 Å². The summed E-state index contributed by atoms with van der Waals surface area (Å²) in [5.41, 5.74) is -6.89. The summed E-state index contributed by atoms with van der Waals surface area (Å²) in [6.45, 7) is -9.76. The van der Waals surface area contributed by atoms with Gasteiger partial charge in [-0.2, -0.15) is 0 Å². The van der Waals surface area contributed by atoms with Crippen molar-refractivity contribution in [1.29, 1.82) is 0 Å². The highest BCUT2D eigenvalue weighted by molar-refractivity contribution is 4.86. The van der Waals surface area contributed by atoms with Crippen LogP contribution in [0.5, 0.6) is 0 Å². The van der Waals surface area contributed by atoms with Crippen LogP contribution in [0.2, 0.25) is 0 Å². The molecule has 0 saturated heterocycles. The minimum absolute atomic E-state index is 0.284. The van der Waals surface area contributed by atoms with Gasteiger partial charge in [0.05, 0.1) is 159 Å². The molecule has 0 spiro atoms. The van der Waals surface area contributed by atoms with E-state index in [0.29, 0.717) is 0 Å². The van der Waals surface area contributed by atoms with Crippen molar-refractivity contribution >= 4 is 0 Å². The largest absolute Gasteiger partial charge is 0.396 e. The fourth-order valence-electron chi connectivity index (χ4n) is 3.33. The molecule has 0 aliphatic rings. The van der Waals surface area contributed by atoms with Gasteiger partial charge in [-0.1, -0.05) is 0 Å². The maximum Gasteiger partial charge on any atom is 0.0637 e. The zero-order valence-electron chi connectivity index (χ0n) is 23.6. The van der Waals surface area contributed by atoms with Gasteiger partial charge >= 0.3 is 0 Å². The fourth-order valence-corrected chi connectivity index (χ4v) is 3.33. The van der Waals surface area contributed by atoms with E-state index in [4.69, 9.17) is 18.9 Å². The van der Waals surface area contributed by atoms with Crippen LogP contribution in [0.25, 0.3) is 0 Å². The highest BCUT2D eigenvalue weighted by atomic mass is 16.5. The second-order valence-corrected chi connectivity index (χ2v) is 11.4. The predicted molar refractivity (Wildman–Crippen MR) is 140 cm³/mol. The lowest BCUT2D eigenvalue weighted by Crippen LogP contribution is -2.48. The number of aliphatic hydroxyl groups excluding tert-OH is 12. The lowest BCUT2D eigenvalue weighted by Gasteiger charge is -2.38. The van der Waals surface area contributed by atoms with Crippen molar-refractivity contribution in [2.75, 3.05) is 132 Å². The van der Waals surface area contributed by atoms with Crippen LogP contribution >= 0.6 is 0 Å². The van der Waals surface area contributed by atoms with E-state index >= 15 is 0 Å². The molecule has 0 heterocycles. The number of ether oxygens (including phenoxy) is 4. The third-order valence-electron chi connectivity index (χ3n) is 7.29. The molecular formula is C25H52O16. The molecule has 0 aliphatic carbocycles. The van der Waals surface area contributed by atoms with Crippen LogP contribution in [0.3, 0.4) is 0 Å². The van der Waals surface area contributed by atoms with Crippen LogP contribution in [0, 0.1) is 27.1 Å². The Labute approximate surface area is 239 Å². The summed E-state index contributed by atoms with van der Waals surface area (Å²) in [4.78, 5) is 0. The smallest absolute Gasteiger partial charge is 0.0637 e. The summed E-state index contributed by atoms with van der Waals surface area (Å²) in [6, 6.07) is 0. The van der Waals surface area contributed by atoms with Crippen molar-refractivity contribution in [2.45, 2.75) is 0 Å². The Morgan fingerprint density at radius 3 is 0.463 bits per heavy atom. The molecule has 0 aromatic carbocycles. The minimum Gasteiger partial charge on any atom is -0.396 e. The molecular weight excluding hydrogens is 556 g/mol. The Kier molecular flexibility index (Phi) is 20.0. The molecule has 0 aromatic rings. The molecule has 0 bridgehead atoms. The molecule has 0 unspecified atom stereocenters. The van der Waals surface area contributed by atoms with Crippen LogP contribution in [-0.2, 0) is 18.9 Å². The number of hydrogen-bond acceptors (Lipinski definition) is 16. The van der Waals surface area contributed by atoms with E-state index in [1.165, 1.54) is 0 Å². The Morgan fingerprint density at radius 1 is 0.220 bits per heavy atom. The topological polar surface area (TPSA) is 280 Å². The number of rotatable bonds is 28. The lowest BCUT2D eigenvalue weighted by atomic mass is 9.88. The van der Waals surface area contributed by atoms with Crippen molar-refractivity contribution in [3.8, 4) is 0 Å². The molecule has 16 nitrogen and oxygen atoms in total. The van der Waals surface area contributed by atoms with Gasteiger partial charge in [-0.25, -0.2) is 0 Å². The molecule has 12 N–H and O–H groups in total. The summed E-state index contributed by atoms with van der Waals surface area (Å²) >= 11 is 0. The summed E-state index contributed by atoms with van der Waals surface area (Å²) < 4.78 is 23.0. The van der Waals surface area contributed by atoms with Crippen molar-refractivity contribution < 1.29 is 80.2 Å². The molecule has 16 heteroatoms. The second kappa shape index (κ2) is 20.3. The Bertz CT molecular complexity index is 493. The quantitative estimate of drug-likeness (QED) is 0.0394. The molecule has 0 rings (SSSR count). The normalized spacial score (nSPS) is 13.8.